The highest BCUT2D eigenvalue weighted by atomic mass is 16.2. The van der Waals surface area contributed by atoms with Crippen molar-refractivity contribution >= 4 is 5.91 Å². The Morgan fingerprint density at radius 3 is 2.14 bits per heavy atom. The maximum absolute atomic E-state index is 11.8. The third-order valence-corrected chi connectivity index (χ3v) is 2.75. The Kier molecular flexibility index (Phi) is 6.54. The Labute approximate surface area is 87.6 Å². The number of carbonyl (C=O) groups excluding carboxylic acids is 1. The van der Waals surface area contributed by atoms with Gasteiger partial charge >= 0.3 is 0 Å². The molecule has 0 unspecified atom stereocenters. The molecule has 3 nitrogen and oxygen atoms in total. The van der Waals surface area contributed by atoms with E-state index in [4.69, 9.17) is 5.73 Å². The third kappa shape index (κ3) is 3.66. The summed E-state index contributed by atoms with van der Waals surface area (Å²) in [5.41, 5.74) is 5.78. The molecule has 1 amide bonds. The van der Waals surface area contributed by atoms with Crippen molar-refractivity contribution in [2.45, 2.75) is 58.5 Å². The highest BCUT2D eigenvalue weighted by Crippen LogP contribution is 2.08. The minimum absolute atomic E-state index is 0.0838. The van der Waals surface area contributed by atoms with E-state index < -0.39 is 0 Å². The molecule has 2 N–H and O–H groups in total. The molecule has 1 atom stereocenters. The summed E-state index contributed by atoms with van der Waals surface area (Å²) in [6.07, 6.45) is 3.74. The van der Waals surface area contributed by atoms with Crippen LogP contribution in [-0.2, 0) is 4.79 Å². The fourth-order valence-electron chi connectivity index (χ4n) is 1.71. The first-order valence-electron chi connectivity index (χ1n) is 5.60. The monoisotopic (exact) mass is 200 g/mol. The predicted molar refractivity (Wildman–Crippen MR) is 60.0 cm³/mol. The van der Waals surface area contributed by atoms with E-state index in [1.807, 2.05) is 14.0 Å². The van der Waals surface area contributed by atoms with Gasteiger partial charge in [0, 0.05) is 13.1 Å². The molecular formula is C11H24N2O. The molecule has 3 heteroatoms. The van der Waals surface area contributed by atoms with Gasteiger partial charge in [-0.15, -0.1) is 0 Å². The molecule has 0 fully saturated rings. The van der Waals surface area contributed by atoms with Gasteiger partial charge in [-0.1, -0.05) is 27.2 Å². The first kappa shape index (κ1) is 13.4. The summed E-state index contributed by atoms with van der Waals surface area (Å²) < 4.78 is 0. The van der Waals surface area contributed by atoms with Crippen LogP contribution < -0.4 is 5.73 Å². The van der Waals surface area contributed by atoms with Crippen molar-refractivity contribution in [1.82, 2.24) is 4.90 Å². The topological polar surface area (TPSA) is 46.3 Å². The van der Waals surface area contributed by atoms with Crippen LogP contribution in [0.2, 0.25) is 0 Å². The lowest BCUT2D eigenvalue weighted by Crippen LogP contribution is -2.46. The molecule has 0 aliphatic heterocycles. The van der Waals surface area contributed by atoms with Crippen molar-refractivity contribution in [3.05, 3.63) is 0 Å². The molecule has 84 valence electrons. The van der Waals surface area contributed by atoms with Gasteiger partial charge in [0.15, 0.2) is 0 Å². The fraction of sp³-hybridized carbons (Fsp3) is 0.909. The van der Waals surface area contributed by atoms with E-state index in [0.717, 1.165) is 25.7 Å². The molecule has 0 bridgehead atoms. The summed E-state index contributed by atoms with van der Waals surface area (Å²) in [5.74, 6) is 0.0838. The number of hydrogen-bond acceptors (Lipinski definition) is 2. The molecular weight excluding hydrogens is 176 g/mol. The molecule has 0 aromatic carbocycles. The van der Waals surface area contributed by atoms with Gasteiger partial charge < -0.3 is 10.6 Å². The molecule has 0 aliphatic carbocycles. The van der Waals surface area contributed by atoms with Crippen LogP contribution in [0, 0.1) is 0 Å². The van der Waals surface area contributed by atoms with Crippen LogP contribution in [0.1, 0.15) is 46.5 Å². The van der Waals surface area contributed by atoms with Gasteiger partial charge in [-0.2, -0.15) is 0 Å². The van der Waals surface area contributed by atoms with E-state index in [-0.39, 0.29) is 11.9 Å². The first-order chi connectivity index (χ1) is 6.58. The molecule has 0 saturated heterocycles. The summed E-state index contributed by atoms with van der Waals surface area (Å²) in [7, 11) is 1.86. The zero-order chi connectivity index (χ0) is 11.1. The van der Waals surface area contributed by atoms with Crippen LogP contribution in [0.5, 0.6) is 0 Å². The van der Waals surface area contributed by atoms with Gasteiger partial charge in [-0.25, -0.2) is 0 Å². The predicted octanol–water partition coefficient (Wildman–Crippen LogP) is 1.76. The van der Waals surface area contributed by atoms with Crippen molar-refractivity contribution < 1.29 is 4.79 Å². The maximum atomic E-state index is 11.8. The van der Waals surface area contributed by atoms with E-state index in [1.165, 1.54) is 0 Å². The number of carbonyl (C=O) groups is 1. The van der Waals surface area contributed by atoms with Gasteiger partial charge in [0.2, 0.25) is 5.91 Å². The van der Waals surface area contributed by atoms with Crippen molar-refractivity contribution in [3.63, 3.8) is 0 Å². The average molecular weight is 200 g/mol. The number of nitrogens with two attached hydrogens (primary N) is 1. The Balaban J connectivity index is 4.21. The molecule has 0 aromatic rings. The highest BCUT2D eigenvalue weighted by Gasteiger charge is 2.21. The zero-order valence-corrected chi connectivity index (χ0v) is 9.92. The number of amides is 1. The molecule has 0 radical (unpaired) electrons. The largest absolute Gasteiger partial charge is 0.341 e. The Morgan fingerprint density at radius 2 is 1.79 bits per heavy atom. The van der Waals surface area contributed by atoms with Crippen LogP contribution in [0.25, 0.3) is 0 Å². The second kappa shape index (κ2) is 6.82. The van der Waals surface area contributed by atoms with Crippen LogP contribution >= 0.6 is 0 Å². The average Bonchev–Trinajstić information content (AvgIpc) is 2.18. The van der Waals surface area contributed by atoms with Crippen molar-refractivity contribution in [2.24, 2.45) is 5.73 Å². The van der Waals surface area contributed by atoms with Crippen LogP contribution in [0.4, 0.5) is 0 Å². The molecule has 14 heavy (non-hydrogen) atoms. The van der Waals surface area contributed by atoms with Crippen molar-refractivity contribution in [1.29, 1.82) is 0 Å². The highest BCUT2D eigenvalue weighted by molar-refractivity contribution is 5.81. The lowest BCUT2D eigenvalue weighted by molar-refractivity contribution is -0.133. The van der Waals surface area contributed by atoms with E-state index in [0.29, 0.717) is 6.04 Å². The summed E-state index contributed by atoms with van der Waals surface area (Å²) in [6.45, 7) is 6.25. The Hall–Kier alpha value is -0.570. The van der Waals surface area contributed by atoms with E-state index in [2.05, 4.69) is 13.8 Å². The lowest BCUT2D eigenvalue weighted by Gasteiger charge is -2.28. The van der Waals surface area contributed by atoms with Crippen LogP contribution in [0.15, 0.2) is 0 Å². The molecule has 0 aromatic heterocycles. The molecule has 0 saturated carbocycles. The normalized spacial score (nSPS) is 13.0. The van der Waals surface area contributed by atoms with Gasteiger partial charge in [-0.05, 0) is 19.3 Å². The first-order valence-corrected chi connectivity index (χ1v) is 5.60. The molecule has 0 spiro atoms. The number of hydrogen-bond donors (Lipinski definition) is 1. The fourth-order valence-corrected chi connectivity index (χ4v) is 1.71. The lowest BCUT2D eigenvalue weighted by atomic mass is 10.1. The summed E-state index contributed by atoms with van der Waals surface area (Å²) in [5, 5.41) is 0. The second-order valence-electron chi connectivity index (χ2n) is 3.81. The van der Waals surface area contributed by atoms with E-state index in [1.54, 1.807) is 4.90 Å². The number of likely N-dealkylation sites (N-methyl/N-ethyl adjacent to an activating group) is 1. The summed E-state index contributed by atoms with van der Waals surface area (Å²) in [4.78, 5) is 13.6. The standard InChI is InChI=1S/C11H24N2O/c1-5-8-10(12)11(14)13(4)9(6-2)7-3/h9-10H,5-8,12H2,1-4H3/t10-/m1/s1. The van der Waals surface area contributed by atoms with Crippen LogP contribution in [-0.4, -0.2) is 29.9 Å². The quantitative estimate of drug-likeness (QED) is 0.710. The smallest absolute Gasteiger partial charge is 0.239 e. The zero-order valence-electron chi connectivity index (χ0n) is 9.92. The Bertz CT molecular complexity index is 167. The van der Waals surface area contributed by atoms with Crippen molar-refractivity contribution in [2.75, 3.05) is 7.05 Å². The van der Waals surface area contributed by atoms with Gasteiger partial charge in [-0.3, -0.25) is 4.79 Å². The van der Waals surface area contributed by atoms with Gasteiger partial charge in [0.05, 0.1) is 6.04 Å². The third-order valence-electron chi connectivity index (χ3n) is 2.75. The molecule has 0 aliphatic rings. The molecule has 0 rings (SSSR count). The van der Waals surface area contributed by atoms with Gasteiger partial charge in [0.25, 0.3) is 0 Å². The second-order valence-corrected chi connectivity index (χ2v) is 3.81. The number of rotatable bonds is 6. The summed E-state index contributed by atoms with van der Waals surface area (Å²) >= 11 is 0. The van der Waals surface area contributed by atoms with Crippen LogP contribution in [0.3, 0.4) is 0 Å². The molecule has 0 heterocycles. The van der Waals surface area contributed by atoms with Gasteiger partial charge in [0.1, 0.15) is 0 Å². The summed E-state index contributed by atoms with van der Waals surface area (Å²) in [6, 6.07) is 0.0241. The maximum Gasteiger partial charge on any atom is 0.239 e. The minimum atomic E-state index is -0.314. The SMILES string of the molecule is CCC[C@@H](N)C(=O)N(C)C(CC)CC. The van der Waals surface area contributed by atoms with E-state index >= 15 is 0 Å². The number of nitrogens with zero attached hydrogens (tertiary/aromatic N) is 1. The van der Waals surface area contributed by atoms with Crippen molar-refractivity contribution in [3.8, 4) is 0 Å². The van der Waals surface area contributed by atoms with E-state index in [9.17, 15) is 4.79 Å². The minimum Gasteiger partial charge on any atom is -0.341 e. The Morgan fingerprint density at radius 1 is 1.29 bits per heavy atom.